The van der Waals surface area contributed by atoms with Gasteiger partial charge < -0.3 is 20.5 Å². The molecule has 0 aromatic heterocycles. The molecule has 1 unspecified atom stereocenters. The molecule has 1 atom stereocenters. The summed E-state index contributed by atoms with van der Waals surface area (Å²) in [5.74, 6) is 0.699. The van der Waals surface area contributed by atoms with Crippen LogP contribution in [0.2, 0.25) is 0 Å². The average Bonchev–Trinajstić information content (AvgIpc) is 2.46. The van der Waals surface area contributed by atoms with Gasteiger partial charge in [-0.1, -0.05) is 6.92 Å². The van der Waals surface area contributed by atoms with Crippen molar-refractivity contribution in [3.05, 3.63) is 18.2 Å². The fourth-order valence-corrected chi connectivity index (χ4v) is 2.24. The summed E-state index contributed by atoms with van der Waals surface area (Å²) in [5, 5.41) is 3.37. The average molecular weight is 265 g/mol. The highest BCUT2D eigenvalue weighted by molar-refractivity contribution is 5.61. The molecule has 0 radical (unpaired) electrons. The van der Waals surface area contributed by atoms with Crippen LogP contribution in [0.5, 0.6) is 5.75 Å². The molecular weight excluding hydrogens is 242 g/mol. The Morgan fingerprint density at radius 2 is 2.37 bits per heavy atom. The fourth-order valence-electron chi connectivity index (χ4n) is 2.24. The summed E-state index contributed by atoms with van der Waals surface area (Å²) in [4.78, 5) is 2.40. The minimum atomic E-state index is 0.234. The van der Waals surface area contributed by atoms with E-state index in [9.17, 15) is 0 Å². The van der Waals surface area contributed by atoms with E-state index >= 15 is 0 Å². The SMILES string of the molecule is CCN1CCOC(CNc2ccc(N)c(OC)c2)C1. The van der Waals surface area contributed by atoms with Gasteiger partial charge in [-0.15, -0.1) is 0 Å². The maximum Gasteiger partial charge on any atom is 0.143 e. The third-order valence-electron chi connectivity index (χ3n) is 3.44. The van der Waals surface area contributed by atoms with Crippen LogP contribution in [0.4, 0.5) is 11.4 Å². The van der Waals surface area contributed by atoms with E-state index in [1.165, 1.54) is 0 Å². The Morgan fingerprint density at radius 1 is 1.53 bits per heavy atom. The van der Waals surface area contributed by atoms with Gasteiger partial charge in [0.05, 0.1) is 25.5 Å². The van der Waals surface area contributed by atoms with E-state index in [1.54, 1.807) is 7.11 Å². The van der Waals surface area contributed by atoms with Crippen molar-refractivity contribution < 1.29 is 9.47 Å². The van der Waals surface area contributed by atoms with E-state index in [0.29, 0.717) is 11.4 Å². The number of nitrogens with two attached hydrogens (primary N) is 1. The van der Waals surface area contributed by atoms with Gasteiger partial charge in [0.2, 0.25) is 0 Å². The van der Waals surface area contributed by atoms with E-state index in [4.69, 9.17) is 15.2 Å². The number of nitrogen functional groups attached to an aromatic ring is 1. The van der Waals surface area contributed by atoms with E-state index in [0.717, 1.165) is 38.5 Å². The first kappa shape index (κ1) is 14.0. The second-order valence-electron chi connectivity index (χ2n) is 4.72. The van der Waals surface area contributed by atoms with E-state index < -0.39 is 0 Å². The lowest BCUT2D eigenvalue weighted by atomic mass is 10.2. The monoisotopic (exact) mass is 265 g/mol. The highest BCUT2D eigenvalue weighted by Crippen LogP contribution is 2.25. The van der Waals surface area contributed by atoms with E-state index in [-0.39, 0.29) is 6.10 Å². The molecule has 2 rings (SSSR count). The second kappa shape index (κ2) is 6.63. The number of nitrogens with one attached hydrogen (secondary N) is 1. The van der Waals surface area contributed by atoms with Crippen molar-refractivity contribution in [1.29, 1.82) is 0 Å². The van der Waals surface area contributed by atoms with Gasteiger partial charge in [0.1, 0.15) is 5.75 Å². The summed E-state index contributed by atoms with van der Waals surface area (Å²) >= 11 is 0. The molecule has 0 saturated carbocycles. The van der Waals surface area contributed by atoms with Crippen molar-refractivity contribution in [2.75, 3.05) is 50.9 Å². The lowest BCUT2D eigenvalue weighted by molar-refractivity contribution is -0.0191. The first-order valence-corrected chi connectivity index (χ1v) is 6.74. The van der Waals surface area contributed by atoms with Gasteiger partial charge in [0.25, 0.3) is 0 Å². The van der Waals surface area contributed by atoms with Crippen molar-refractivity contribution >= 4 is 11.4 Å². The van der Waals surface area contributed by atoms with Crippen LogP contribution in [-0.2, 0) is 4.74 Å². The molecule has 0 spiro atoms. The van der Waals surface area contributed by atoms with Gasteiger partial charge in [-0.25, -0.2) is 0 Å². The topological polar surface area (TPSA) is 59.8 Å². The molecule has 0 bridgehead atoms. The fraction of sp³-hybridized carbons (Fsp3) is 0.571. The quantitative estimate of drug-likeness (QED) is 0.788. The highest BCUT2D eigenvalue weighted by Gasteiger charge is 2.18. The zero-order chi connectivity index (χ0) is 13.7. The number of hydrogen-bond acceptors (Lipinski definition) is 5. The molecule has 1 aliphatic heterocycles. The predicted octanol–water partition coefficient (Wildman–Crippen LogP) is 1.41. The molecule has 0 amide bonds. The maximum absolute atomic E-state index is 5.79. The Morgan fingerprint density at radius 3 is 3.11 bits per heavy atom. The number of anilines is 2. The van der Waals surface area contributed by atoms with Crippen molar-refractivity contribution in [3.8, 4) is 5.75 Å². The summed E-state index contributed by atoms with van der Waals surface area (Å²) in [7, 11) is 1.62. The van der Waals surface area contributed by atoms with Crippen LogP contribution in [0.15, 0.2) is 18.2 Å². The molecule has 1 fully saturated rings. The Bertz CT molecular complexity index is 412. The predicted molar refractivity (Wildman–Crippen MR) is 77.8 cm³/mol. The van der Waals surface area contributed by atoms with Crippen LogP contribution in [0.3, 0.4) is 0 Å². The number of morpholine rings is 1. The number of rotatable bonds is 5. The van der Waals surface area contributed by atoms with Gasteiger partial charge in [-0.3, -0.25) is 4.90 Å². The third kappa shape index (κ3) is 3.75. The molecule has 5 heteroatoms. The zero-order valence-electron chi connectivity index (χ0n) is 11.7. The first-order chi connectivity index (χ1) is 9.22. The smallest absolute Gasteiger partial charge is 0.143 e. The van der Waals surface area contributed by atoms with Gasteiger partial charge >= 0.3 is 0 Å². The summed E-state index contributed by atoms with van der Waals surface area (Å²) in [6, 6.07) is 5.72. The molecule has 19 heavy (non-hydrogen) atoms. The number of methoxy groups -OCH3 is 1. The van der Waals surface area contributed by atoms with Crippen molar-refractivity contribution in [2.24, 2.45) is 0 Å². The number of likely N-dealkylation sites (N-methyl/N-ethyl adjacent to an activating group) is 1. The number of nitrogens with zero attached hydrogens (tertiary/aromatic N) is 1. The summed E-state index contributed by atoms with van der Waals surface area (Å²) in [6.07, 6.45) is 0.234. The lowest BCUT2D eigenvalue weighted by Gasteiger charge is -2.32. The molecule has 1 heterocycles. The molecule has 1 aliphatic rings. The molecule has 1 saturated heterocycles. The summed E-state index contributed by atoms with van der Waals surface area (Å²) in [5.41, 5.74) is 7.45. The molecular formula is C14H23N3O2. The molecule has 3 N–H and O–H groups in total. The number of benzene rings is 1. The number of hydrogen-bond donors (Lipinski definition) is 2. The van der Waals surface area contributed by atoms with E-state index in [1.807, 2.05) is 18.2 Å². The Labute approximate surface area is 114 Å². The van der Waals surface area contributed by atoms with Gasteiger partial charge in [-0.05, 0) is 18.7 Å². The minimum Gasteiger partial charge on any atom is -0.495 e. The summed E-state index contributed by atoms with van der Waals surface area (Å²) < 4.78 is 11.0. The highest BCUT2D eigenvalue weighted by atomic mass is 16.5. The number of ether oxygens (including phenoxy) is 2. The van der Waals surface area contributed by atoms with Crippen LogP contribution in [0.1, 0.15) is 6.92 Å². The second-order valence-corrected chi connectivity index (χ2v) is 4.72. The van der Waals surface area contributed by atoms with Crippen LogP contribution in [0.25, 0.3) is 0 Å². The molecule has 1 aromatic rings. The van der Waals surface area contributed by atoms with Crippen LogP contribution >= 0.6 is 0 Å². The van der Waals surface area contributed by atoms with Crippen molar-refractivity contribution in [2.45, 2.75) is 13.0 Å². The van der Waals surface area contributed by atoms with Crippen LogP contribution < -0.4 is 15.8 Å². The minimum absolute atomic E-state index is 0.234. The Hall–Kier alpha value is -1.46. The lowest BCUT2D eigenvalue weighted by Crippen LogP contribution is -2.45. The van der Waals surface area contributed by atoms with Crippen LogP contribution in [-0.4, -0.2) is 50.9 Å². The standard InChI is InChI=1S/C14H23N3O2/c1-3-17-6-7-19-12(10-17)9-16-11-4-5-13(15)14(8-11)18-2/h4-5,8,12,16H,3,6-7,9-10,15H2,1-2H3. The van der Waals surface area contributed by atoms with Crippen molar-refractivity contribution in [3.63, 3.8) is 0 Å². The molecule has 0 aliphatic carbocycles. The van der Waals surface area contributed by atoms with Crippen molar-refractivity contribution in [1.82, 2.24) is 4.90 Å². The molecule has 106 valence electrons. The van der Waals surface area contributed by atoms with Gasteiger partial charge in [-0.2, -0.15) is 0 Å². The van der Waals surface area contributed by atoms with E-state index in [2.05, 4.69) is 17.1 Å². The first-order valence-electron chi connectivity index (χ1n) is 6.74. The maximum atomic E-state index is 5.79. The van der Waals surface area contributed by atoms with Gasteiger partial charge in [0, 0.05) is 31.4 Å². The molecule has 5 nitrogen and oxygen atoms in total. The zero-order valence-corrected chi connectivity index (χ0v) is 11.7. The van der Waals surface area contributed by atoms with Gasteiger partial charge in [0.15, 0.2) is 0 Å². The van der Waals surface area contributed by atoms with Crippen LogP contribution in [0, 0.1) is 0 Å². The largest absolute Gasteiger partial charge is 0.495 e. The Kier molecular flexibility index (Phi) is 4.87. The Balaban J connectivity index is 1.88. The molecule has 1 aromatic carbocycles. The third-order valence-corrected chi connectivity index (χ3v) is 3.44. The normalized spacial score (nSPS) is 20.2. The summed E-state index contributed by atoms with van der Waals surface area (Å²) in [6.45, 7) is 6.88.